The Morgan fingerprint density at radius 1 is 1.50 bits per heavy atom. The fourth-order valence-corrected chi connectivity index (χ4v) is 2.46. The maximum absolute atomic E-state index is 12.1. The van der Waals surface area contributed by atoms with Crippen LogP contribution in [0.15, 0.2) is 18.2 Å². The van der Waals surface area contributed by atoms with Gasteiger partial charge in [-0.1, -0.05) is 6.07 Å². The molecule has 5 nitrogen and oxygen atoms in total. The zero-order valence-corrected chi connectivity index (χ0v) is 13.4. The minimum Gasteiger partial charge on any atom is -0.468 e. The van der Waals surface area contributed by atoms with Crippen molar-refractivity contribution in [1.82, 2.24) is 10.3 Å². The molecule has 2 rings (SSSR count). The van der Waals surface area contributed by atoms with Crippen molar-refractivity contribution in [3.05, 3.63) is 23.9 Å². The number of pyridine rings is 1. The van der Waals surface area contributed by atoms with Crippen molar-refractivity contribution < 1.29 is 27.4 Å². The van der Waals surface area contributed by atoms with E-state index in [1.807, 2.05) is 6.92 Å². The van der Waals surface area contributed by atoms with E-state index in [0.717, 1.165) is 32.3 Å². The predicted molar refractivity (Wildman–Crippen MR) is 80.9 cm³/mol. The third-order valence-electron chi connectivity index (χ3n) is 3.66. The van der Waals surface area contributed by atoms with E-state index in [2.05, 4.69) is 15.0 Å². The Morgan fingerprint density at radius 3 is 2.96 bits per heavy atom. The Bertz CT molecular complexity index is 546. The highest BCUT2D eigenvalue weighted by Gasteiger charge is 2.28. The molecule has 1 saturated heterocycles. The highest BCUT2D eigenvalue weighted by Crippen LogP contribution is 2.18. The standard InChI is InChI=1S/C16H21F3N2O3/c1-11(7-8-12-4-3-9-23-12)20-15(22)13-5-2-6-14(21-13)24-10-16(17,18)19/h2,5-6,11-12H,3-4,7-10H2,1H3,(H,20,22)/t11-,12-/m1/s1. The van der Waals surface area contributed by atoms with Gasteiger partial charge in [-0.15, -0.1) is 0 Å². The molecule has 1 aromatic rings. The molecule has 24 heavy (non-hydrogen) atoms. The number of carbonyl (C=O) groups excluding carboxylic acids is 1. The first-order chi connectivity index (χ1) is 11.3. The quantitative estimate of drug-likeness (QED) is 0.824. The monoisotopic (exact) mass is 346 g/mol. The van der Waals surface area contributed by atoms with Crippen molar-refractivity contribution in [2.24, 2.45) is 0 Å². The van der Waals surface area contributed by atoms with Gasteiger partial charge in [0.05, 0.1) is 6.10 Å². The number of nitrogens with zero attached hydrogens (tertiary/aromatic N) is 1. The Hall–Kier alpha value is -1.83. The Morgan fingerprint density at radius 2 is 2.29 bits per heavy atom. The van der Waals surface area contributed by atoms with Crippen molar-refractivity contribution in [1.29, 1.82) is 0 Å². The number of rotatable bonds is 7. The molecule has 1 amide bonds. The van der Waals surface area contributed by atoms with Gasteiger partial charge >= 0.3 is 6.18 Å². The van der Waals surface area contributed by atoms with Gasteiger partial charge in [0, 0.05) is 18.7 Å². The molecule has 2 heterocycles. The molecular weight excluding hydrogens is 325 g/mol. The molecule has 134 valence electrons. The topological polar surface area (TPSA) is 60.5 Å². The SMILES string of the molecule is C[C@H](CC[C@H]1CCCO1)NC(=O)c1cccc(OCC(F)(F)F)n1. The average Bonchev–Trinajstić information content (AvgIpc) is 3.04. The van der Waals surface area contributed by atoms with Crippen LogP contribution in [0.3, 0.4) is 0 Å². The molecule has 0 aliphatic carbocycles. The van der Waals surface area contributed by atoms with Gasteiger partial charge in [0.15, 0.2) is 6.61 Å². The van der Waals surface area contributed by atoms with Crippen LogP contribution in [-0.4, -0.2) is 42.4 Å². The summed E-state index contributed by atoms with van der Waals surface area (Å²) in [4.78, 5) is 15.9. The molecule has 1 aliphatic rings. The van der Waals surface area contributed by atoms with E-state index in [4.69, 9.17) is 4.74 Å². The Kier molecular flexibility index (Phi) is 6.42. The van der Waals surface area contributed by atoms with Gasteiger partial charge in [-0.3, -0.25) is 4.79 Å². The third-order valence-corrected chi connectivity index (χ3v) is 3.66. The zero-order chi connectivity index (χ0) is 17.6. The lowest BCUT2D eigenvalue weighted by atomic mass is 10.1. The number of nitrogens with one attached hydrogen (secondary N) is 1. The highest BCUT2D eigenvalue weighted by atomic mass is 19.4. The molecule has 0 bridgehead atoms. The fraction of sp³-hybridized carbons (Fsp3) is 0.625. The molecule has 1 aliphatic heterocycles. The van der Waals surface area contributed by atoms with Crippen molar-refractivity contribution in [3.8, 4) is 5.88 Å². The number of aromatic nitrogens is 1. The molecular formula is C16H21F3N2O3. The molecule has 8 heteroatoms. The molecule has 0 spiro atoms. The zero-order valence-electron chi connectivity index (χ0n) is 13.4. The van der Waals surface area contributed by atoms with Crippen LogP contribution in [0.2, 0.25) is 0 Å². The van der Waals surface area contributed by atoms with E-state index in [-0.39, 0.29) is 23.7 Å². The summed E-state index contributed by atoms with van der Waals surface area (Å²) in [6, 6.07) is 4.07. The molecule has 0 unspecified atom stereocenters. The Labute approximate surface area is 138 Å². The van der Waals surface area contributed by atoms with Crippen LogP contribution in [0.1, 0.15) is 43.1 Å². The summed E-state index contributed by atoms with van der Waals surface area (Å²) in [5.41, 5.74) is 0.0265. The molecule has 0 aromatic carbocycles. The summed E-state index contributed by atoms with van der Waals surface area (Å²) >= 11 is 0. The normalized spacial score (nSPS) is 19.1. The first-order valence-corrected chi connectivity index (χ1v) is 7.92. The number of hydrogen-bond donors (Lipinski definition) is 1. The maximum Gasteiger partial charge on any atom is 0.422 e. The number of amides is 1. The number of alkyl halides is 3. The fourth-order valence-electron chi connectivity index (χ4n) is 2.46. The van der Waals surface area contributed by atoms with Gasteiger partial charge in [-0.05, 0) is 38.7 Å². The second-order valence-corrected chi connectivity index (χ2v) is 5.85. The molecule has 0 radical (unpaired) electrons. The maximum atomic E-state index is 12.1. The van der Waals surface area contributed by atoms with Crippen molar-refractivity contribution in [2.45, 2.75) is 50.9 Å². The van der Waals surface area contributed by atoms with Crippen molar-refractivity contribution in [2.75, 3.05) is 13.2 Å². The van der Waals surface area contributed by atoms with Gasteiger partial charge in [0.2, 0.25) is 5.88 Å². The highest BCUT2D eigenvalue weighted by molar-refractivity contribution is 5.92. The van der Waals surface area contributed by atoms with Crippen LogP contribution in [0.5, 0.6) is 5.88 Å². The van der Waals surface area contributed by atoms with Crippen LogP contribution in [0.4, 0.5) is 13.2 Å². The number of carbonyl (C=O) groups is 1. The summed E-state index contributed by atoms with van der Waals surface area (Å²) in [6.45, 7) is 1.22. The number of halogens is 3. The van der Waals surface area contributed by atoms with Crippen molar-refractivity contribution >= 4 is 5.91 Å². The third kappa shape index (κ3) is 6.35. The molecule has 1 aromatic heterocycles. The number of hydrogen-bond acceptors (Lipinski definition) is 4. The van der Waals surface area contributed by atoms with Gasteiger partial charge in [-0.2, -0.15) is 13.2 Å². The molecule has 0 saturated carbocycles. The van der Waals surface area contributed by atoms with Crippen molar-refractivity contribution in [3.63, 3.8) is 0 Å². The minimum absolute atomic E-state index is 0.0265. The van der Waals surface area contributed by atoms with Gasteiger partial charge in [0.1, 0.15) is 5.69 Å². The minimum atomic E-state index is -4.45. The smallest absolute Gasteiger partial charge is 0.422 e. The van der Waals surface area contributed by atoms with Crippen LogP contribution in [0.25, 0.3) is 0 Å². The van der Waals surface area contributed by atoms with E-state index < -0.39 is 18.7 Å². The lowest BCUT2D eigenvalue weighted by Crippen LogP contribution is -2.33. The van der Waals surface area contributed by atoms with Gasteiger partial charge in [-0.25, -0.2) is 4.98 Å². The lowest BCUT2D eigenvalue weighted by molar-refractivity contribution is -0.154. The second-order valence-electron chi connectivity index (χ2n) is 5.85. The number of ether oxygens (including phenoxy) is 2. The first kappa shape index (κ1) is 18.5. The summed E-state index contributed by atoms with van der Waals surface area (Å²) in [5, 5.41) is 2.78. The summed E-state index contributed by atoms with van der Waals surface area (Å²) < 4.78 is 46.5. The average molecular weight is 346 g/mol. The van der Waals surface area contributed by atoms with E-state index in [9.17, 15) is 18.0 Å². The predicted octanol–water partition coefficient (Wildman–Crippen LogP) is 3.10. The van der Waals surface area contributed by atoms with Gasteiger partial charge < -0.3 is 14.8 Å². The van der Waals surface area contributed by atoms with Crippen LogP contribution in [0, 0.1) is 0 Å². The van der Waals surface area contributed by atoms with Gasteiger partial charge in [0.25, 0.3) is 5.91 Å². The molecule has 2 atom stereocenters. The summed E-state index contributed by atoms with van der Waals surface area (Å²) in [5.74, 6) is -0.667. The molecule has 1 N–H and O–H groups in total. The summed E-state index contributed by atoms with van der Waals surface area (Å²) in [7, 11) is 0. The van der Waals surface area contributed by atoms with E-state index >= 15 is 0 Å². The first-order valence-electron chi connectivity index (χ1n) is 7.92. The van der Waals surface area contributed by atoms with Crippen LogP contribution < -0.4 is 10.1 Å². The van der Waals surface area contributed by atoms with E-state index in [1.54, 1.807) is 0 Å². The molecule has 1 fully saturated rings. The van der Waals surface area contributed by atoms with Crippen LogP contribution in [-0.2, 0) is 4.74 Å². The second kappa shape index (κ2) is 8.32. The summed E-state index contributed by atoms with van der Waals surface area (Å²) in [6.07, 6.45) is -0.455. The van der Waals surface area contributed by atoms with Crippen LogP contribution >= 0.6 is 0 Å². The van der Waals surface area contributed by atoms with E-state index in [0.29, 0.717) is 0 Å². The Balaban J connectivity index is 1.82. The largest absolute Gasteiger partial charge is 0.468 e. The lowest BCUT2D eigenvalue weighted by Gasteiger charge is -2.16. The van der Waals surface area contributed by atoms with E-state index in [1.165, 1.54) is 18.2 Å².